The van der Waals surface area contributed by atoms with E-state index in [4.69, 9.17) is 23.2 Å². The summed E-state index contributed by atoms with van der Waals surface area (Å²) in [7, 11) is -2.98. The molecule has 1 aromatic rings. The van der Waals surface area contributed by atoms with Crippen molar-refractivity contribution in [2.75, 3.05) is 11.5 Å². The fourth-order valence-corrected chi connectivity index (χ4v) is 4.71. The number of alkyl halides is 1. The quantitative estimate of drug-likeness (QED) is 0.865. The molecular weight excluding hydrogens is 281 g/mol. The lowest BCUT2D eigenvalue weighted by Crippen LogP contribution is -2.35. The van der Waals surface area contributed by atoms with Crippen LogP contribution in [0.3, 0.4) is 0 Å². The molecule has 0 saturated carbocycles. The van der Waals surface area contributed by atoms with Crippen LogP contribution in [0.2, 0.25) is 5.02 Å². The Balaban J connectivity index is 1.95. The molecule has 1 N–H and O–H groups in total. The molecule has 2 rings (SSSR count). The third-order valence-corrected chi connectivity index (χ3v) is 5.35. The molecule has 0 radical (unpaired) electrons. The van der Waals surface area contributed by atoms with E-state index < -0.39 is 9.84 Å². The van der Waals surface area contributed by atoms with Gasteiger partial charge in [-0.05, 0) is 17.7 Å². The topological polar surface area (TPSA) is 46.2 Å². The van der Waals surface area contributed by atoms with Gasteiger partial charge in [-0.1, -0.05) is 23.7 Å². The minimum atomic E-state index is -2.98. The highest BCUT2D eigenvalue weighted by atomic mass is 35.5. The lowest BCUT2D eigenvalue weighted by Gasteiger charge is -2.14. The van der Waals surface area contributed by atoms with Crippen LogP contribution in [0.1, 0.15) is 5.56 Å². The van der Waals surface area contributed by atoms with Gasteiger partial charge in [0.25, 0.3) is 0 Å². The van der Waals surface area contributed by atoms with Crippen molar-refractivity contribution in [1.29, 1.82) is 0 Å². The number of nitrogens with one attached hydrogen (secondary N) is 1. The van der Waals surface area contributed by atoms with Crippen LogP contribution in [0, 0.1) is 0 Å². The van der Waals surface area contributed by atoms with Crippen LogP contribution >= 0.6 is 23.2 Å². The van der Waals surface area contributed by atoms with Crippen molar-refractivity contribution in [2.24, 2.45) is 0 Å². The van der Waals surface area contributed by atoms with Crippen LogP contribution in [-0.4, -0.2) is 31.3 Å². The van der Waals surface area contributed by atoms with E-state index in [1.165, 1.54) is 0 Å². The molecule has 0 spiro atoms. The Bertz CT molecular complexity index is 504. The molecule has 1 aliphatic rings. The second-order valence-corrected chi connectivity index (χ2v) is 7.36. The number of hydrogen-bond donors (Lipinski definition) is 1. The first-order valence-corrected chi connectivity index (χ1v) is 7.92. The SMILES string of the molecule is O=S1(=O)C[C@@H](Cl)[C@H](NCc2cccc(Cl)c2)C1. The average molecular weight is 294 g/mol. The Morgan fingerprint density at radius 3 is 2.71 bits per heavy atom. The first kappa shape index (κ1) is 13.1. The minimum Gasteiger partial charge on any atom is -0.307 e. The summed E-state index contributed by atoms with van der Waals surface area (Å²) in [5.74, 6) is 0.170. The molecule has 94 valence electrons. The first-order chi connectivity index (χ1) is 7.96. The van der Waals surface area contributed by atoms with Crippen molar-refractivity contribution in [3.05, 3.63) is 34.9 Å². The summed E-state index contributed by atoms with van der Waals surface area (Å²) in [6, 6.07) is 7.27. The minimum absolute atomic E-state index is 0.0573. The summed E-state index contributed by atoms with van der Waals surface area (Å²) in [5.41, 5.74) is 1.02. The van der Waals surface area contributed by atoms with E-state index >= 15 is 0 Å². The second kappa shape index (κ2) is 5.14. The van der Waals surface area contributed by atoms with E-state index in [1.807, 2.05) is 18.2 Å². The fraction of sp³-hybridized carbons (Fsp3) is 0.455. The van der Waals surface area contributed by atoms with Crippen LogP contribution < -0.4 is 5.32 Å². The first-order valence-electron chi connectivity index (χ1n) is 5.28. The Morgan fingerprint density at radius 2 is 2.12 bits per heavy atom. The smallest absolute Gasteiger partial charge is 0.153 e. The predicted molar refractivity (Wildman–Crippen MR) is 70.4 cm³/mol. The molecule has 3 nitrogen and oxygen atoms in total. The predicted octanol–water partition coefficient (Wildman–Crippen LogP) is 1.83. The van der Waals surface area contributed by atoms with E-state index in [9.17, 15) is 8.42 Å². The number of halogens is 2. The van der Waals surface area contributed by atoms with Crippen LogP contribution in [-0.2, 0) is 16.4 Å². The monoisotopic (exact) mass is 293 g/mol. The van der Waals surface area contributed by atoms with Gasteiger partial charge in [0.2, 0.25) is 0 Å². The van der Waals surface area contributed by atoms with Crippen molar-refractivity contribution in [3.8, 4) is 0 Å². The van der Waals surface area contributed by atoms with Gasteiger partial charge in [0.15, 0.2) is 9.84 Å². The summed E-state index contributed by atoms with van der Waals surface area (Å²) in [5, 5.41) is 3.48. The molecule has 6 heteroatoms. The van der Waals surface area contributed by atoms with Crippen molar-refractivity contribution < 1.29 is 8.42 Å². The zero-order valence-corrected chi connectivity index (χ0v) is 11.4. The molecule has 2 atom stereocenters. The Hall–Kier alpha value is -0.290. The highest BCUT2D eigenvalue weighted by Gasteiger charge is 2.35. The molecule has 0 amide bonds. The molecule has 1 aliphatic heterocycles. The fourth-order valence-electron chi connectivity index (χ4n) is 1.89. The average Bonchev–Trinajstić information content (AvgIpc) is 2.49. The number of hydrogen-bond acceptors (Lipinski definition) is 3. The molecule has 1 heterocycles. The van der Waals surface area contributed by atoms with Crippen LogP contribution in [0.4, 0.5) is 0 Å². The molecule has 1 saturated heterocycles. The van der Waals surface area contributed by atoms with Gasteiger partial charge in [-0.3, -0.25) is 0 Å². The van der Waals surface area contributed by atoms with E-state index in [0.29, 0.717) is 11.6 Å². The van der Waals surface area contributed by atoms with E-state index in [-0.39, 0.29) is 22.9 Å². The third-order valence-electron chi connectivity index (χ3n) is 2.74. The van der Waals surface area contributed by atoms with Gasteiger partial charge in [-0.2, -0.15) is 0 Å². The number of sulfone groups is 1. The van der Waals surface area contributed by atoms with Crippen LogP contribution in [0.5, 0.6) is 0 Å². The molecule has 0 bridgehead atoms. The maximum Gasteiger partial charge on any atom is 0.153 e. The standard InChI is InChI=1S/C11H13Cl2NO2S/c12-9-3-1-2-8(4-9)5-14-11-7-17(15,16)6-10(11)13/h1-4,10-11,14H,5-7H2/t10-,11-/m1/s1. The number of rotatable bonds is 3. The van der Waals surface area contributed by atoms with Crippen LogP contribution in [0.25, 0.3) is 0 Å². The summed E-state index contributed by atoms with van der Waals surface area (Å²) in [6.07, 6.45) is 0. The van der Waals surface area contributed by atoms with E-state index in [1.54, 1.807) is 6.07 Å². The molecule has 1 aromatic carbocycles. The Labute approximate surface area is 111 Å². The molecule has 0 aromatic heterocycles. The molecular formula is C11H13Cl2NO2S. The zero-order chi connectivity index (χ0) is 12.5. The highest BCUT2D eigenvalue weighted by Crippen LogP contribution is 2.19. The maximum absolute atomic E-state index is 11.4. The van der Waals surface area contributed by atoms with Crippen LogP contribution in [0.15, 0.2) is 24.3 Å². The van der Waals surface area contributed by atoms with Gasteiger partial charge in [-0.25, -0.2) is 8.42 Å². The highest BCUT2D eigenvalue weighted by molar-refractivity contribution is 7.91. The Kier molecular flexibility index (Phi) is 3.98. The zero-order valence-electron chi connectivity index (χ0n) is 9.07. The number of benzene rings is 1. The van der Waals surface area contributed by atoms with Gasteiger partial charge >= 0.3 is 0 Å². The second-order valence-electron chi connectivity index (χ2n) is 4.21. The van der Waals surface area contributed by atoms with Crippen molar-refractivity contribution in [3.63, 3.8) is 0 Å². The summed E-state index contributed by atoms with van der Waals surface area (Å²) < 4.78 is 22.7. The van der Waals surface area contributed by atoms with Gasteiger partial charge < -0.3 is 5.32 Å². The van der Waals surface area contributed by atoms with Gasteiger partial charge in [0.1, 0.15) is 0 Å². The maximum atomic E-state index is 11.4. The third kappa shape index (κ3) is 3.58. The largest absolute Gasteiger partial charge is 0.307 e. The normalized spacial score (nSPS) is 27.2. The molecule has 0 unspecified atom stereocenters. The van der Waals surface area contributed by atoms with Crippen molar-refractivity contribution in [1.82, 2.24) is 5.32 Å². The van der Waals surface area contributed by atoms with Gasteiger partial charge in [0.05, 0.1) is 16.9 Å². The van der Waals surface area contributed by atoms with E-state index in [0.717, 1.165) is 5.56 Å². The molecule has 17 heavy (non-hydrogen) atoms. The molecule has 0 aliphatic carbocycles. The van der Waals surface area contributed by atoms with Crippen molar-refractivity contribution >= 4 is 33.0 Å². The van der Waals surface area contributed by atoms with Crippen molar-refractivity contribution in [2.45, 2.75) is 18.0 Å². The summed E-state index contributed by atoms with van der Waals surface area (Å²) in [4.78, 5) is 0. The summed E-state index contributed by atoms with van der Waals surface area (Å²) in [6.45, 7) is 0.573. The molecule has 1 fully saturated rings. The van der Waals surface area contributed by atoms with Gasteiger partial charge in [-0.15, -0.1) is 11.6 Å². The Morgan fingerprint density at radius 1 is 1.35 bits per heavy atom. The van der Waals surface area contributed by atoms with Gasteiger partial charge in [0, 0.05) is 17.6 Å². The summed E-state index contributed by atoms with van der Waals surface area (Å²) >= 11 is 11.9. The lowest BCUT2D eigenvalue weighted by molar-refractivity contribution is 0.558. The van der Waals surface area contributed by atoms with E-state index in [2.05, 4.69) is 5.32 Å². The lowest BCUT2D eigenvalue weighted by atomic mass is 10.2.